The SMILES string of the molecule is CCS(=O)(=O)N[C@@H]1CC(=O)N(CCc2ccccc2)C1. The summed E-state index contributed by atoms with van der Waals surface area (Å²) in [7, 11) is -3.25. The van der Waals surface area contributed by atoms with Crippen LogP contribution in [0.15, 0.2) is 30.3 Å². The van der Waals surface area contributed by atoms with Crippen molar-refractivity contribution in [2.24, 2.45) is 0 Å². The Kier molecular flexibility index (Phi) is 4.77. The fourth-order valence-electron chi connectivity index (χ4n) is 2.31. The van der Waals surface area contributed by atoms with Crippen molar-refractivity contribution >= 4 is 15.9 Å². The summed E-state index contributed by atoms with van der Waals surface area (Å²) < 4.78 is 25.6. The van der Waals surface area contributed by atoms with Gasteiger partial charge in [-0.2, -0.15) is 0 Å². The summed E-state index contributed by atoms with van der Waals surface area (Å²) in [5.74, 6) is 0.0616. The smallest absolute Gasteiger partial charge is 0.224 e. The summed E-state index contributed by atoms with van der Waals surface area (Å²) >= 11 is 0. The summed E-state index contributed by atoms with van der Waals surface area (Å²) in [4.78, 5) is 13.6. The van der Waals surface area contributed by atoms with Crippen LogP contribution in [0, 0.1) is 0 Å². The summed E-state index contributed by atoms with van der Waals surface area (Å²) in [5, 5.41) is 0. The molecule has 0 unspecified atom stereocenters. The van der Waals surface area contributed by atoms with E-state index in [-0.39, 0.29) is 24.1 Å². The largest absolute Gasteiger partial charge is 0.341 e. The van der Waals surface area contributed by atoms with E-state index in [0.29, 0.717) is 13.1 Å². The van der Waals surface area contributed by atoms with Crippen molar-refractivity contribution in [2.45, 2.75) is 25.8 Å². The van der Waals surface area contributed by atoms with Crippen molar-refractivity contribution in [3.63, 3.8) is 0 Å². The van der Waals surface area contributed by atoms with Gasteiger partial charge in [-0.3, -0.25) is 4.79 Å². The van der Waals surface area contributed by atoms with E-state index in [1.807, 2.05) is 30.3 Å². The first-order valence-electron chi connectivity index (χ1n) is 6.82. The molecule has 1 atom stereocenters. The number of hydrogen-bond acceptors (Lipinski definition) is 3. The van der Waals surface area contributed by atoms with Crippen LogP contribution in [0.3, 0.4) is 0 Å². The zero-order valence-electron chi connectivity index (χ0n) is 11.6. The van der Waals surface area contributed by atoms with E-state index in [1.54, 1.807) is 11.8 Å². The van der Waals surface area contributed by atoms with E-state index in [4.69, 9.17) is 0 Å². The molecule has 0 radical (unpaired) electrons. The third-order valence-electron chi connectivity index (χ3n) is 3.45. The summed E-state index contributed by atoms with van der Waals surface area (Å²) in [5.41, 5.74) is 1.18. The first-order valence-corrected chi connectivity index (χ1v) is 8.47. The number of amides is 1. The van der Waals surface area contributed by atoms with Gasteiger partial charge in [0.25, 0.3) is 0 Å². The highest BCUT2D eigenvalue weighted by atomic mass is 32.2. The second kappa shape index (κ2) is 6.37. The molecule has 1 N–H and O–H groups in total. The lowest BCUT2D eigenvalue weighted by Gasteiger charge is -2.17. The average molecular weight is 296 g/mol. The van der Waals surface area contributed by atoms with E-state index in [0.717, 1.165) is 6.42 Å². The fourth-order valence-corrected chi connectivity index (χ4v) is 3.15. The Bertz CT molecular complexity index is 557. The predicted molar refractivity (Wildman–Crippen MR) is 77.7 cm³/mol. The van der Waals surface area contributed by atoms with Gasteiger partial charge in [0.05, 0.1) is 5.75 Å². The van der Waals surface area contributed by atoms with Crippen LogP contribution in [0.1, 0.15) is 18.9 Å². The number of benzene rings is 1. The molecule has 0 spiro atoms. The predicted octanol–water partition coefficient (Wildman–Crippen LogP) is 0.769. The monoisotopic (exact) mass is 296 g/mol. The molecule has 0 bridgehead atoms. The highest BCUT2D eigenvalue weighted by Crippen LogP contribution is 2.13. The zero-order valence-corrected chi connectivity index (χ0v) is 12.4. The first kappa shape index (κ1) is 15.0. The third-order valence-corrected chi connectivity index (χ3v) is 4.91. The quantitative estimate of drug-likeness (QED) is 0.843. The number of carbonyl (C=O) groups excluding carboxylic acids is 1. The minimum atomic E-state index is -3.25. The molecule has 0 aromatic heterocycles. The van der Waals surface area contributed by atoms with Gasteiger partial charge < -0.3 is 4.90 Å². The van der Waals surface area contributed by atoms with Gasteiger partial charge in [0.2, 0.25) is 15.9 Å². The van der Waals surface area contributed by atoms with Crippen LogP contribution >= 0.6 is 0 Å². The molecule has 6 heteroatoms. The second-order valence-electron chi connectivity index (χ2n) is 5.00. The van der Waals surface area contributed by atoms with Crippen LogP contribution in [0.25, 0.3) is 0 Å². The van der Waals surface area contributed by atoms with Crippen molar-refractivity contribution < 1.29 is 13.2 Å². The molecule has 20 heavy (non-hydrogen) atoms. The number of hydrogen-bond donors (Lipinski definition) is 1. The van der Waals surface area contributed by atoms with E-state index in [1.165, 1.54) is 5.56 Å². The number of carbonyl (C=O) groups is 1. The molecule has 110 valence electrons. The van der Waals surface area contributed by atoms with Crippen LogP contribution < -0.4 is 4.72 Å². The van der Waals surface area contributed by atoms with E-state index >= 15 is 0 Å². The Labute approximate surface area is 120 Å². The number of likely N-dealkylation sites (tertiary alicyclic amines) is 1. The standard InChI is InChI=1S/C14H20N2O3S/c1-2-20(18,19)15-13-10-14(17)16(11-13)9-8-12-6-4-3-5-7-12/h3-7,13,15H,2,8-11H2,1H3/t13-/m1/s1. The second-order valence-corrected chi connectivity index (χ2v) is 7.04. The Morgan fingerprint density at radius 2 is 2.00 bits per heavy atom. The molecular formula is C14H20N2O3S. The Morgan fingerprint density at radius 1 is 1.30 bits per heavy atom. The number of nitrogens with zero attached hydrogens (tertiary/aromatic N) is 1. The van der Waals surface area contributed by atoms with Crippen molar-refractivity contribution in [3.05, 3.63) is 35.9 Å². The molecule has 1 saturated heterocycles. The molecule has 1 heterocycles. The minimum Gasteiger partial charge on any atom is -0.341 e. The molecule has 0 saturated carbocycles. The Hall–Kier alpha value is -1.40. The van der Waals surface area contributed by atoms with E-state index in [9.17, 15) is 13.2 Å². The van der Waals surface area contributed by atoms with Gasteiger partial charge in [-0.05, 0) is 18.9 Å². The van der Waals surface area contributed by atoms with Crippen LogP contribution in [0.5, 0.6) is 0 Å². The summed E-state index contributed by atoms with van der Waals surface area (Å²) in [6.45, 7) is 2.68. The Balaban J connectivity index is 1.87. The summed E-state index contributed by atoms with van der Waals surface area (Å²) in [6, 6.07) is 9.66. The maximum absolute atomic E-state index is 11.9. The van der Waals surface area contributed by atoms with E-state index < -0.39 is 10.0 Å². The van der Waals surface area contributed by atoms with Crippen molar-refractivity contribution in [1.82, 2.24) is 9.62 Å². The van der Waals surface area contributed by atoms with Gasteiger partial charge in [0.15, 0.2) is 0 Å². The Morgan fingerprint density at radius 3 is 2.65 bits per heavy atom. The minimum absolute atomic E-state index is 0.0183. The molecule has 1 aliphatic heterocycles. The molecular weight excluding hydrogens is 276 g/mol. The van der Waals surface area contributed by atoms with Crippen LogP contribution in [-0.2, 0) is 21.2 Å². The molecule has 0 aliphatic carbocycles. The molecule has 2 rings (SSSR count). The van der Waals surface area contributed by atoms with Crippen LogP contribution in [0.2, 0.25) is 0 Å². The lowest BCUT2D eigenvalue weighted by molar-refractivity contribution is -0.127. The molecule has 1 aliphatic rings. The lowest BCUT2D eigenvalue weighted by atomic mass is 10.1. The molecule has 1 aromatic carbocycles. The lowest BCUT2D eigenvalue weighted by Crippen LogP contribution is -2.38. The van der Waals surface area contributed by atoms with Gasteiger partial charge in [-0.1, -0.05) is 30.3 Å². The number of nitrogens with one attached hydrogen (secondary N) is 1. The van der Waals surface area contributed by atoms with Gasteiger partial charge in [0, 0.05) is 25.6 Å². The highest BCUT2D eigenvalue weighted by Gasteiger charge is 2.31. The maximum Gasteiger partial charge on any atom is 0.224 e. The van der Waals surface area contributed by atoms with Gasteiger partial charge in [-0.25, -0.2) is 13.1 Å². The van der Waals surface area contributed by atoms with Gasteiger partial charge in [-0.15, -0.1) is 0 Å². The van der Waals surface area contributed by atoms with Crippen LogP contribution in [0.4, 0.5) is 0 Å². The third kappa shape index (κ3) is 4.05. The fraction of sp³-hybridized carbons (Fsp3) is 0.500. The van der Waals surface area contributed by atoms with Crippen LogP contribution in [-0.4, -0.2) is 44.1 Å². The van der Waals surface area contributed by atoms with E-state index in [2.05, 4.69) is 4.72 Å². The summed E-state index contributed by atoms with van der Waals surface area (Å²) in [6.07, 6.45) is 1.05. The molecule has 1 amide bonds. The highest BCUT2D eigenvalue weighted by molar-refractivity contribution is 7.89. The first-order chi connectivity index (χ1) is 9.50. The van der Waals surface area contributed by atoms with Gasteiger partial charge in [0.1, 0.15) is 0 Å². The number of rotatable bonds is 6. The zero-order chi connectivity index (χ0) is 14.6. The molecule has 5 nitrogen and oxygen atoms in total. The average Bonchev–Trinajstić information content (AvgIpc) is 2.77. The molecule has 1 fully saturated rings. The molecule has 1 aromatic rings. The topological polar surface area (TPSA) is 66.5 Å². The normalized spacial score (nSPS) is 19.6. The van der Waals surface area contributed by atoms with Crippen molar-refractivity contribution in [3.8, 4) is 0 Å². The number of sulfonamides is 1. The van der Waals surface area contributed by atoms with Crippen molar-refractivity contribution in [2.75, 3.05) is 18.8 Å². The van der Waals surface area contributed by atoms with Gasteiger partial charge >= 0.3 is 0 Å². The maximum atomic E-state index is 11.9. The van der Waals surface area contributed by atoms with Crippen molar-refractivity contribution in [1.29, 1.82) is 0 Å².